The Morgan fingerprint density at radius 3 is 2.54 bits per heavy atom. The SMILES string of the molecule is CCCCC1CC(=O)N(CC)C1=O. The maximum atomic E-state index is 11.6. The number of carbonyl (C=O) groups excluding carboxylic acids is 2. The predicted octanol–water partition coefficient (Wildman–Crippen LogP) is 1.57. The van der Waals surface area contributed by atoms with Gasteiger partial charge in [-0.25, -0.2) is 0 Å². The summed E-state index contributed by atoms with van der Waals surface area (Å²) >= 11 is 0. The number of likely N-dealkylation sites (tertiary alicyclic amines) is 1. The Labute approximate surface area is 79.1 Å². The standard InChI is InChI=1S/C10H17NO2/c1-3-5-6-8-7-9(12)11(4-2)10(8)13/h8H,3-7H2,1-2H3. The quantitative estimate of drug-likeness (QED) is 0.620. The van der Waals surface area contributed by atoms with Crippen LogP contribution in [0.3, 0.4) is 0 Å². The number of hydrogen-bond donors (Lipinski definition) is 0. The average molecular weight is 183 g/mol. The van der Waals surface area contributed by atoms with E-state index in [1.54, 1.807) is 0 Å². The molecule has 13 heavy (non-hydrogen) atoms. The Kier molecular flexibility index (Phi) is 3.46. The number of amides is 2. The molecule has 1 unspecified atom stereocenters. The van der Waals surface area contributed by atoms with Gasteiger partial charge in [-0.05, 0) is 13.3 Å². The number of rotatable bonds is 4. The van der Waals surface area contributed by atoms with Crippen LogP contribution < -0.4 is 0 Å². The minimum absolute atomic E-state index is 0.00797. The van der Waals surface area contributed by atoms with Crippen LogP contribution in [-0.4, -0.2) is 23.3 Å². The first-order valence-electron chi connectivity index (χ1n) is 5.04. The lowest BCUT2D eigenvalue weighted by Gasteiger charge is -2.11. The molecule has 0 radical (unpaired) electrons. The van der Waals surface area contributed by atoms with E-state index in [1.807, 2.05) is 6.92 Å². The molecule has 0 aromatic carbocycles. The maximum Gasteiger partial charge on any atom is 0.232 e. The minimum atomic E-state index is -0.0209. The Morgan fingerprint density at radius 2 is 2.08 bits per heavy atom. The van der Waals surface area contributed by atoms with E-state index in [0.717, 1.165) is 19.3 Å². The van der Waals surface area contributed by atoms with Crippen molar-refractivity contribution in [2.24, 2.45) is 5.92 Å². The zero-order chi connectivity index (χ0) is 9.84. The molecule has 3 nitrogen and oxygen atoms in total. The van der Waals surface area contributed by atoms with Gasteiger partial charge in [-0.1, -0.05) is 19.8 Å². The first-order valence-corrected chi connectivity index (χ1v) is 5.04. The van der Waals surface area contributed by atoms with E-state index in [0.29, 0.717) is 13.0 Å². The molecule has 2 amide bonds. The van der Waals surface area contributed by atoms with Gasteiger partial charge in [0.05, 0.1) is 0 Å². The van der Waals surface area contributed by atoms with E-state index < -0.39 is 0 Å². The van der Waals surface area contributed by atoms with Crippen molar-refractivity contribution in [3.63, 3.8) is 0 Å². The van der Waals surface area contributed by atoms with Crippen molar-refractivity contribution in [2.45, 2.75) is 39.5 Å². The molecule has 0 spiro atoms. The smallest absolute Gasteiger partial charge is 0.232 e. The van der Waals surface area contributed by atoms with Crippen LogP contribution in [-0.2, 0) is 9.59 Å². The fraction of sp³-hybridized carbons (Fsp3) is 0.800. The van der Waals surface area contributed by atoms with Gasteiger partial charge >= 0.3 is 0 Å². The molecule has 0 aliphatic carbocycles. The van der Waals surface area contributed by atoms with Gasteiger partial charge in [0.2, 0.25) is 11.8 Å². The molecule has 0 N–H and O–H groups in total. The normalized spacial score (nSPS) is 22.9. The van der Waals surface area contributed by atoms with E-state index in [-0.39, 0.29) is 17.7 Å². The van der Waals surface area contributed by atoms with Crippen LogP contribution >= 0.6 is 0 Å². The number of imide groups is 1. The van der Waals surface area contributed by atoms with Crippen molar-refractivity contribution in [1.29, 1.82) is 0 Å². The van der Waals surface area contributed by atoms with Crippen LogP contribution in [0.4, 0.5) is 0 Å². The van der Waals surface area contributed by atoms with E-state index in [4.69, 9.17) is 0 Å². The van der Waals surface area contributed by atoms with E-state index in [9.17, 15) is 9.59 Å². The van der Waals surface area contributed by atoms with Crippen molar-refractivity contribution >= 4 is 11.8 Å². The lowest BCUT2D eigenvalue weighted by molar-refractivity contribution is -0.139. The summed E-state index contributed by atoms with van der Waals surface area (Å²) in [5.74, 6) is 0.0296. The van der Waals surface area contributed by atoms with Crippen molar-refractivity contribution in [3.05, 3.63) is 0 Å². The zero-order valence-electron chi connectivity index (χ0n) is 8.38. The average Bonchev–Trinajstić information content (AvgIpc) is 2.38. The van der Waals surface area contributed by atoms with Gasteiger partial charge in [-0.15, -0.1) is 0 Å². The summed E-state index contributed by atoms with van der Waals surface area (Å²) in [6.07, 6.45) is 3.44. The first kappa shape index (κ1) is 10.2. The van der Waals surface area contributed by atoms with Gasteiger partial charge in [0.1, 0.15) is 0 Å². The molecule has 0 aromatic rings. The molecule has 3 heteroatoms. The van der Waals surface area contributed by atoms with Crippen molar-refractivity contribution < 1.29 is 9.59 Å². The molecule has 1 fully saturated rings. The molecule has 1 aliphatic rings. The van der Waals surface area contributed by atoms with Gasteiger partial charge in [0.15, 0.2) is 0 Å². The number of nitrogens with zero attached hydrogens (tertiary/aromatic N) is 1. The second kappa shape index (κ2) is 4.40. The Morgan fingerprint density at radius 1 is 1.38 bits per heavy atom. The zero-order valence-corrected chi connectivity index (χ0v) is 8.38. The molecule has 0 aromatic heterocycles. The molecule has 74 valence electrons. The highest BCUT2D eigenvalue weighted by Gasteiger charge is 2.36. The molecule has 0 bridgehead atoms. The van der Waals surface area contributed by atoms with Crippen LogP contribution in [0, 0.1) is 5.92 Å². The summed E-state index contributed by atoms with van der Waals surface area (Å²) in [5.41, 5.74) is 0. The number of carbonyl (C=O) groups is 2. The third-order valence-corrected chi connectivity index (χ3v) is 2.56. The van der Waals surface area contributed by atoms with Crippen LogP contribution in [0.25, 0.3) is 0 Å². The second-order valence-corrected chi connectivity index (χ2v) is 3.52. The summed E-state index contributed by atoms with van der Waals surface area (Å²) in [6.45, 7) is 4.47. The number of hydrogen-bond acceptors (Lipinski definition) is 2. The van der Waals surface area contributed by atoms with Crippen LogP contribution in [0.1, 0.15) is 39.5 Å². The highest BCUT2D eigenvalue weighted by atomic mass is 16.2. The van der Waals surface area contributed by atoms with Crippen molar-refractivity contribution in [2.75, 3.05) is 6.54 Å². The molecule has 1 rings (SSSR count). The first-order chi connectivity index (χ1) is 6.20. The summed E-state index contributed by atoms with van der Waals surface area (Å²) in [6, 6.07) is 0. The summed E-state index contributed by atoms with van der Waals surface area (Å²) in [4.78, 5) is 24.2. The fourth-order valence-corrected chi connectivity index (χ4v) is 1.76. The van der Waals surface area contributed by atoms with Crippen molar-refractivity contribution in [3.8, 4) is 0 Å². The third kappa shape index (κ3) is 2.08. The van der Waals surface area contributed by atoms with E-state index >= 15 is 0 Å². The summed E-state index contributed by atoms with van der Waals surface area (Å²) in [7, 11) is 0. The van der Waals surface area contributed by atoms with Gasteiger partial charge in [0.25, 0.3) is 0 Å². The minimum Gasteiger partial charge on any atom is -0.283 e. The highest BCUT2D eigenvalue weighted by molar-refractivity contribution is 6.03. The molecule has 1 aliphatic heterocycles. The Bertz CT molecular complexity index is 213. The van der Waals surface area contributed by atoms with Crippen LogP contribution in [0.15, 0.2) is 0 Å². The Hall–Kier alpha value is -0.860. The van der Waals surface area contributed by atoms with Crippen molar-refractivity contribution in [1.82, 2.24) is 4.90 Å². The highest BCUT2D eigenvalue weighted by Crippen LogP contribution is 2.23. The third-order valence-electron chi connectivity index (χ3n) is 2.56. The van der Waals surface area contributed by atoms with Gasteiger partial charge in [-0.3, -0.25) is 14.5 Å². The monoisotopic (exact) mass is 183 g/mol. The molecule has 0 saturated carbocycles. The lowest BCUT2D eigenvalue weighted by Crippen LogP contribution is -2.30. The Balaban J connectivity index is 2.52. The predicted molar refractivity (Wildman–Crippen MR) is 50.0 cm³/mol. The molecular weight excluding hydrogens is 166 g/mol. The topological polar surface area (TPSA) is 37.4 Å². The lowest BCUT2D eigenvalue weighted by atomic mass is 10.0. The molecule has 1 atom stereocenters. The largest absolute Gasteiger partial charge is 0.283 e. The fourth-order valence-electron chi connectivity index (χ4n) is 1.76. The molecule has 1 saturated heterocycles. The summed E-state index contributed by atoms with van der Waals surface area (Å²) in [5, 5.41) is 0. The van der Waals surface area contributed by atoms with Crippen LogP contribution in [0.2, 0.25) is 0 Å². The summed E-state index contributed by atoms with van der Waals surface area (Å²) < 4.78 is 0. The maximum absolute atomic E-state index is 11.6. The molecular formula is C10H17NO2. The van der Waals surface area contributed by atoms with Gasteiger partial charge in [0, 0.05) is 18.9 Å². The van der Waals surface area contributed by atoms with E-state index in [2.05, 4.69) is 6.92 Å². The van der Waals surface area contributed by atoms with E-state index in [1.165, 1.54) is 4.90 Å². The van der Waals surface area contributed by atoms with Gasteiger partial charge < -0.3 is 0 Å². The van der Waals surface area contributed by atoms with Gasteiger partial charge in [-0.2, -0.15) is 0 Å². The second-order valence-electron chi connectivity index (χ2n) is 3.52. The molecule has 1 heterocycles. The van der Waals surface area contributed by atoms with Crippen LogP contribution in [0.5, 0.6) is 0 Å². The number of unbranched alkanes of at least 4 members (excludes halogenated alkanes) is 1.